The molecule has 2 aliphatic heterocycles. The number of hydrogen-bond donors (Lipinski definition) is 0. The molecule has 0 bridgehead atoms. The first-order chi connectivity index (χ1) is 12.2. The number of nitrogens with zero attached hydrogens (tertiary/aromatic N) is 3. The summed E-state index contributed by atoms with van der Waals surface area (Å²) in [5.74, 6) is 0.372. The van der Waals surface area contributed by atoms with Crippen LogP contribution in [0.1, 0.15) is 29.0 Å². The molecule has 0 saturated carbocycles. The molecular formula is C19H23N3O3. The molecule has 2 aromatic rings. The Bertz CT molecular complexity index is 694. The summed E-state index contributed by atoms with van der Waals surface area (Å²) in [4.78, 5) is 21.0. The van der Waals surface area contributed by atoms with Gasteiger partial charge in [-0.3, -0.25) is 14.7 Å². The Morgan fingerprint density at radius 1 is 1.20 bits per heavy atom. The van der Waals surface area contributed by atoms with Gasteiger partial charge in [-0.05, 0) is 36.6 Å². The number of carbonyl (C=O) groups excluding carboxylic acids is 1. The second kappa shape index (κ2) is 6.98. The first-order valence-corrected chi connectivity index (χ1v) is 8.82. The van der Waals surface area contributed by atoms with Crippen LogP contribution in [0.5, 0.6) is 0 Å². The molecule has 132 valence electrons. The average Bonchev–Trinajstić information content (AvgIpc) is 3.19. The van der Waals surface area contributed by atoms with Crippen LogP contribution in [0.3, 0.4) is 0 Å². The average molecular weight is 341 g/mol. The van der Waals surface area contributed by atoms with E-state index < -0.39 is 0 Å². The van der Waals surface area contributed by atoms with E-state index in [9.17, 15) is 4.79 Å². The van der Waals surface area contributed by atoms with Crippen molar-refractivity contribution < 1.29 is 13.9 Å². The number of morpholine rings is 1. The number of carbonyl (C=O) groups is 1. The van der Waals surface area contributed by atoms with Crippen molar-refractivity contribution in [3.05, 3.63) is 54.2 Å². The summed E-state index contributed by atoms with van der Waals surface area (Å²) in [6.07, 6.45) is 7.14. The second-order valence-electron chi connectivity index (χ2n) is 6.87. The maximum absolute atomic E-state index is 12.6. The van der Waals surface area contributed by atoms with Gasteiger partial charge in [-0.25, -0.2) is 0 Å². The maximum atomic E-state index is 12.6. The predicted octanol–water partition coefficient (Wildman–Crippen LogP) is 2.18. The van der Waals surface area contributed by atoms with E-state index >= 15 is 0 Å². The van der Waals surface area contributed by atoms with Gasteiger partial charge in [-0.2, -0.15) is 0 Å². The van der Waals surface area contributed by atoms with Gasteiger partial charge in [-0.15, -0.1) is 0 Å². The van der Waals surface area contributed by atoms with Gasteiger partial charge in [0, 0.05) is 38.6 Å². The van der Waals surface area contributed by atoms with E-state index in [4.69, 9.17) is 9.15 Å². The summed E-state index contributed by atoms with van der Waals surface area (Å²) < 4.78 is 11.4. The van der Waals surface area contributed by atoms with Crippen molar-refractivity contribution in [2.45, 2.75) is 25.0 Å². The predicted molar refractivity (Wildman–Crippen MR) is 92.0 cm³/mol. The summed E-state index contributed by atoms with van der Waals surface area (Å²) in [5, 5.41) is 0. The van der Waals surface area contributed by atoms with E-state index in [0.29, 0.717) is 25.5 Å². The van der Waals surface area contributed by atoms with E-state index in [1.54, 1.807) is 24.6 Å². The van der Waals surface area contributed by atoms with Crippen molar-refractivity contribution in [1.82, 2.24) is 14.8 Å². The van der Waals surface area contributed by atoms with Crippen LogP contribution in [0.2, 0.25) is 0 Å². The number of furan rings is 1. The van der Waals surface area contributed by atoms with Crippen LogP contribution in [0.25, 0.3) is 0 Å². The van der Waals surface area contributed by atoms with Crippen molar-refractivity contribution >= 4 is 5.91 Å². The molecule has 2 aliphatic rings. The number of pyridine rings is 1. The molecule has 0 radical (unpaired) electrons. The Morgan fingerprint density at radius 2 is 2.08 bits per heavy atom. The molecule has 6 nitrogen and oxygen atoms in total. The molecule has 2 aromatic heterocycles. The molecule has 4 rings (SSSR count). The van der Waals surface area contributed by atoms with Crippen LogP contribution in [0.4, 0.5) is 0 Å². The Morgan fingerprint density at radius 3 is 2.80 bits per heavy atom. The van der Waals surface area contributed by atoms with Crippen molar-refractivity contribution in [3.63, 3.8) is 0 Å². The van der Waals surface area contributed by atoms with Gasteiger partial charge in [0.25, 0.3) is 5.91 Å². The lowest BCUT2D eigenvalue weighted by Crippen LogP contribution is -2.57. The van der Waals surface area contributed by atoms with E-state index in [0.717, 1.165) is 32.5 Å². The van der Waals surface area contributed by atoms with Crippen LogP contribution in [0, 0.1) is 0 Å². The molecule has 25 heavy (non-hydrogen) atoms. The fourth-order valence-electron chi connectivity index (χ4n) is 3.75. The molecule has 6 heteroatoms. The summed E-state index contributed by atoms with van der Waals surface area (Å²) in [7, 11) is 0. The lowest BCUT2D eigenvalue weighted by atomic mass is 9.89. The first kappa shape index (κ1) is 16.3. The molecule has 0 aliphatic carbocycles. The normalized spacial score (nSPS) is 20.7. The zero-order valence-electron chi connectivity index (χ0n) is 14.3. The quantitative estimate of drug-likeness (QED) is 0.856. The highest BCUT2D eigenvalue weighted by Gasteiger charge is 2.41. The van der Waals surface area contributed by atoms with Crippen LogP contribution in [-0.2, 0) is 11.3 Å². The standard InChI is InChI=1S/C19H23N3O3/c23-18(17-4-2-11-24-17)22-10-12-25-19(15-22)5-8-21(9-6-19)14-16-3-1-7-20-13-16/h1-4,7,11,13H,5-6,8-10,12,14-15H2. The third kappa shape index (κ3) is 3.60. The molecule has 0 aromatic carbocycles. The highest BCUT2D eigenvalue weighted by atomic mass is 16.5. The highest BCUT2D eigenvalue weighted by molar-refractivity contribution is 5.91. The lowest BCUT2D eigenvalue weighted by Gasteiger charge is -2.47. The highest BCUT2D eigenvalue weighted by Crippen LogP contribution is 2.31. The second-order valence-corrected chi connectivity index (χ2v) is 6.87. The monoisotopic (exact) mass is 341 g/mol. The smallest absolute Gasteiger partial charge is 0.289 e. The minimum Gasteiger partial charge on any atom is -0.459 e. The molecule has 0 unspecified atom stereocenters. The van der Waals surface area contributed by atoms with E-state index in [1.165, 1.54) is 5.56 Å². The van der Waals surface area contributed by atoms with Gasteiger partial charge < -0.3 is 14.1 Å². The number of aromatic nitrogens is 1. The van der Waals surface area contributed by atoms with Gasteiger partial charge in [0.15, 0.2) is 5.76 Å². The zero-order chi connectivity index (χ0) is 17.1. The Labute approximate surface area is 147 Å². The number of likely N-dealkylation sites (tertiary alicyclic amines) is 1. The Kier molecular flexibility index (Phi) is 4.55. The lowest BCUT2D eigenvalue weighted by molar-refractivity contribution is -0.128. The van der Waals surface area contributed by atoms with Crippen LogP contribution in [0.15, 0.2) is 47.3 Å². The third-order valence-electron chi connectivity index (χ3n) is 5.16. The Balaban J connectivity index is 1.36. The van der Waals surface area contributed by atoms with Gasteiger partial charge in [0.2, 0.25) is 0 Å². The third-order valence-corrected chi connectivity index (χ3v) is 5.16. The van der Waals surface area contributed by atoms with Gasteiger partial charge in [0.05, 0.1) is 25.0 Å². The fourth-order valence-corrected chi connectivity index (χ4v) is 3.75. The molecule has 2 saturated heterocycles. The van der Waals surface area contributed by atoms with Gasteiger partial charge >= 0.3 is 0 Å². The van der Waals surface area contributed by atoms with E-state index in [-0.39, 0.29) is 11.5 Å². The Hall–Kier alpha value is -2.18. The van der Waals surface area contributed by atoms with Gasteiger partial charge in [-0.1, -0.05) is 6.07 Å². The summed E-state index contributed by atoms with van der Waals surface area (Å²) in [5.41, 5.74) is 1.02. The van der Waals surface area contributed by atoms with Crippen molar-refractivity contribution in [2.24, 2.45) is 0 Å². The van der Waals surface area contributed by atoms with Crippen LogP contribution >= 0.6 is 0 Å². The maximum Gasteiger partial charge on any atom is 0.289 e. The fraction of sp³-hybridized carbons (Fsp3) is 0.474. The van der Waals surface area contributed by atoms with E-state index in [2.05, 4.69) is 16.0 Å². The first-order valence-electron chi connectivity index (χ1n) is 8.82. The number of piperidine rings is 1. The van der Waals surface area contributed by atoms with E-state index in [1.807, 2.05) is 17.2 Å². The van der Waals surface area contributed by atoms with Crippen molar-refractivity contribution in [2.75, 3.05) is 32.8 Å². The topological polar surface area (TPSA) is 58.8 Å². The largest absolute Gasteiger partial charge is 0.459 e. The molecule has 0 N–H and O–H groups in total. The molecular weight excluding hydrogens is 318 g/mol. The SMILES string of the molecule is O=C(c1ccco1)N1CCOC2(CCN(Cc3cccnc3)CC2)C1. The van der Waals surface area contributed by atoms with Crippen molar-refractivity contribution in [1.29, 1.82) is 0 Å². The number of rotatable bonds is 3. The number of ether oxygens (including phenoxy) is 1. The van der Waals surface area contributed by atoms with Crippen molar-refractivity contribution in [3.8, 4) is 0 Å². The molecule has 2 fully saturated rings. The summed E-state index contributed by atoms with van der Waals surface area (Å²) in [6, 6.07) is 7.56. The summed E-state index contributed by atoms with van der Waals surface area (Å²) in [6.45, 7) is 4.72. The molecule has 4 heterocycles. The van der Waals surface area contributed by atoms with Crippen LogP contribution in [-0.4, -0.2) is 59.1 Å². The summed E-state index contributed by atoms with van der Waals surface area (Å²) >= 11 is 0. The molecule has 0 atom stereocenters. The zero-order valence-corrected chi connectivity index (χ0v) is 14.3. The molecule has 1 amide bonds. The molecule has 1 spiro atoms. The number of amides is 1. The van der Waals surface area contributed by atoms with Crippen LogP contribution < -0.4 is 0 Å². The van der Waals surface area contributed by atoms with Gasteiger partial charge in [0.1, 0.15) is 0 Å². The minimum absolute atomic E-state index is 0.0366. The number of hydrogen-bond acceptors (Lipinski definition) is 5. The minimum atomic E-state index is -0.216.